The van der Waals surface area contributed by atoms with E-state index in [1.54, 1.807) is 0 Å². The number of hydrogen-bond donors (Lipinski definition) is 2. The van der Waals surface area contributed by atoms with E-state index >= 15 is 0 Å². The minimum atomic E-state index is 0. The third-order valence-corrected chi connectivity index (χ3v) is 5.30. The summed E-state index contributed by atoms with van der Waals surface area (Å²) in [5.74, 6) is 1.76. The average molecular weight is 522 g/mol. The van der Waals surface area contributed by atoms with Gasteiger partial charge in [0.25, 0.3) is 0 Å². The number of guanidine groups is 1. The van der Waals surface area contributed by atoms with Crippen molar-refractivity contribution in [3.05, 3.63) is 65.7 Å². The van der Waals surface area contributed by atoms with Crippen molar-refractivity contribution in [1.82, 2.24) is 15.5 Å². The average Bonchev–Trinajstić information content (AvgIpc) is 2.77. The van der Waals surface area contributed by atoms with Crippen LogP contribution in [0.15, 0.2) is 59.6 Å². The summed E-state index contributed by atoms with van der Waals surface area (Å²) < 4.78 is 5.94. The van der Waals surface area contributed by atoms with Gasteiger partial charge in [-0.1, -0.05) is 49.4 Å². The molecule has 1 fully saturated rings. The van der Waals surface area contributed by atoms with Crippen molar-refractivity contribution in [2.24, 2.45) is 4.99 Å². The molecule has 30 heavy (non-hydrogen) atoms. The lowest BCUT2D eigenvalue weighted by Crippen LogP contribution is -2.48. The van der Waals surface area contributed by atoms with Crippen molar-refractivity contribution >= 4 is 29.9 Å². The summed E-state index contributed by atoms with van der Waals surface area (Å²) in [6, 6.07) is 19.0. The highest BCUT2D eigenvalue weighted by Gasteiger charge is 2.19. The molecular formula is C24H35IN4O. The quantitative estimate of drug-likeness (QED) is 0.306. The standard InChI is InChI=1S/C24H34N4O.HI/c1-3-14-28-15-12-22(13-16-28)27-24(25-2)26-18-21-10-7-11-23(17-21)29-19-20-8-5-4-6-9-20;/h4-11,17,22H,3,12-16,18-19H2,1-2H3,(H2,25,26,27);1H. The summed E-state index contributed by atoms with van der Waals surface area (Å²) in [6.45, 7) is 7.10. The highest BCUT2D eigenvalue weighted by atomic mass is 127. The number of nitrogens with one attached hydrogen (secondary N) is 2. The Morgan fingerprint density at radius 3 is 2.50 bits per heavy atom. The minimum Gasteiger partial charge on any atom is -0.489 e. The van der Waals surface area contributed by atoms with E-state index in [1.165, 1.54) is 50.0 Å². The third kappa shape index (κ3) is 8.14. The fourth-order valence-electron chi connectivity index (χ4n) is 3.68. The Bertz CT molecular complexity index is 761. The number of rotatable bonds is 8. The number of nitrogens with zero attached hydrogens (tertiary/aromatic N) is 2. The van der Waals surface area contributed by atoms with Crippen LogP contribution in [0.3, 0.4) is 0 Å². The van der Waals surface area contributed by atoms with Gasteiger partial charge >= 0.3 is 0 Å². The van der Waals surface area contributed by atoms with Gasteiger partial charge in [0.15, 0.2) is 5.96 Å². The van der Waals surface area contributed by atoms with E-state index in [0.29, 0.717) is 12.6 Å². The lowest BCUT2D eigenvalue weighted by molar-refractivity contribution is 0.206. The van der Waals surface area contributed by atoms with Gasteiger partial charge in [-0.15, -0.1) is 24.0 Å². The maximum absolute atomic E-state index is 5.94. The van der Waals surface area contributed by atoms with Crippen molar-refractivity contribution in [1.29, 1.82) is 0 Å². The van der Waals surface area contributed by atoms with E-state index in [2.05, 4.69) is 51.7 Å². The first-order chi connectivity index (χ1) is 14.3. The predicted molar refractivity (Wildman–Crippen MR) is 136 cm³/mol. The van der Waals surface area contributed by atoms with Crippen LogP contribution in [0.4, 0.5) is 0 Å². The van der Waals surface area contributed by atoms with Gasteiger partial charge in [-0.2, -0.15) is 0 Å². The highest BCUT2D eigenvalue weighted by molar-refractivity contribution is 14.0. The monoisotopic (exact) mass is 522 g/mol. The van der Waals surface area contributed by atoms with Gasteiger partial charge in [-0.25, -0.2) is 0 Å². The summed E-state index contributed by atoms with van der Waals surface area (Å²) in [5.41, 5.74) is 2.35. The molecule has 0 amide bonds. The lowest BCUT2D eigenvalue weighted by Gasteiger charge is -2.32. The Hall–Kier alpha value is -1.80. The van der Waals surface area contributed by atoms with Gasteiger partial charge < -0.3 is 20.3 Å². The molecule has 2 aromatic rings. The van der Waals surface area contributed by atoms with Gasteiger partial charge in [-0.3, -0.25) is 4.99 Å². The zero-order chi connectivity index (χ0) is 20.3. The minimum absolute atomic E-state index is 0. The molecule has 0 radical (unpaired) electrons. The van der Waals surface area contributed by atoms with E-state index < -0.39 is 0 Å². The molecule has 3 rings (SSSR count). The van der Waals surface area contributed by atoms with Crippen LogP contribution in [0.2, 0.25) is 0 Å². The first-order valence-corrected chi connectivity index (χ1v) is 10.7. The van der Waals surface area contributed by atoms with Gasteiger partial charge in [0.1, 0.15) is 12.4 Å². The molecule has 1 aliphatic rings. The number of aliphatic imine (C=N–C) groups is 1. The maximum atomic E-state index is 5.94. The first kappa shape index (κ1) is 24.5. The van der Waals surface area contributed by atoms with Crippen molar-refractivity contribution in [2.75, 3.05) is 26.7 Å². The molecule has 6 heteroatoms. The third-order valence-electron chi connectivity index (χ3n) is 5.30. The molecule has 1 saturated heterocycles. The van der Waals surface area contributed by atoms with Crippen molar-refractivity contribution in [3.63, 3.8) is 0 Å². The Balaban J connectivity index is 0.00000320. The summed E-state index contributed by atoms with van der Waals surface area (Å²) in [6.07, 6.45) is 3.57. The lowest BCUT2D eigenvalue weighted by atomic mass is 10.1. The number of ether oxygens (including phenoxy) is 1. The fourth-order valence-corrected chi connectivity index (χ4v) is 3.68. The molecule has 164 valence electrons. The SMILES string of the molecule is CCCN1CCC(NC(=NC)NCc2cccc(OCc3ccccc3)c2)CC1.I. The van der Waals surface area contributed by atoms with E-state index in [4.69, 9.17) is 4.74 Å². The van der Waals surface area contributed by atoms with Crippen molar-refractivity contribution < 1.29 is 4.74 Å². The van der Waals surface area contributed by atoms with E-state index in [0.717, 1.165) is 18.3 Å². The Morgan fingerprint density at radius 1 is 1.07 bits per heavy atom. The smallest absolute Gasteiger partial charge is 0.191 e. The van der Waals surface area contributed by atoms with Crippen LogP contribution in [0.25, 0.3) is 0 Å². The Labute approximate surface area is 198 Å². The van der Waals surface area contributed by atoms with Gasteiger partial charge in [-0.05, 0) is 49.1 Å². The van der Waals surface area contributed by atoms with Gasteiger partial charge in [0.05, 0.1) is 0 Å². The van der Waals surface area contributed by atoms with Crippen molar-refractivity contribution in [2.45, 2.75) is 45.4 Å². The van der Waals surface area contributed by atoms with E-state index in [9.17, 15) is 0 Å². The van der Waals surface area contributed by atoms with Crippen molar-refractivity contribution in [3.8, 4) is 5.75 Å². The number of halogens is 1. The molecule has 0 aromatic heterocycles. The van der Waals surface area contributed by atoms with Crippen LogP contribution in [0.1, 0.15) is 37.3 Å². The number of benzene rings is 2. The molecule has 0 aliphatic carbocycles. The molecule has 5 nitrogen and oxygen atoms in total. The van der Waals surface area contributed by atoms with Crippen LogP contribution in [0, 0.1) is 0 Å². The normalized spacial score (nSPS) is 15.3. The second-order valence-corrected chi connectivity index (χ2v) is 7.61. The molecule has 0 saturated carbocycles. The second-order valence-electron chi connectivity index (χ2n) is 7.61. The van der Waals surface area contributed by atoms with Crippen LogP contribution >= 0.6 is 24.0 Å². The Kier molecular flexibility index (Phi) is 11.0. The summed E-state index contributed by atoms with van der Waals surface area (Å²) in [5, 5.41) is 7.02. The van der Waals surface area contributed by atoms with Crippen LogP contribution in [0.5, 0.6) is 5.75 Å². The van der Waals surface area contributed by atoms with E-state index in [-0.39, 0.29) is 24.0 Å². The second kappa shape index (κ2) is 13.5. The molecule has 0 spiro atoms. The van der Waals surface area contributed by atoms with E-state index in [1.807, 2.05) is 37.4 Å². The molecule has 2 aromatic carbocycles. The summed E-state index contributed by atoms with van der Waals surface area (Å²) in [4.78, 5) is 6.95. The number of likely N-dealkylation sites (tertiary alicyclic amines) is 1. The molecule has 0 atom stereocenters. The highest BCUT2D eigenvalue weighted by Crippen LogP contribution is 2.15. The summed E-state index contributed by atoms with van der Waals surface area (Å²) >= 11 is 0. The largest absolute Gasteiger partial charge is 0.489 e. The topological polar surface area (TPSA) is 48.9 Å². The maximum Gasteiger partial charge on any atom is 0.191 e. The molecule has 0 unspecified atom stereocenters. The van der Waals surface area contributed by atoms with Crippen LogP contribution in [-0.2, 0) is 13.2 Å². The molecule has 2 N–H and O–H groups in total. The Morgan fingerprint density at radius 2 is 1.80 bits per heavy atom. The van der Waals surface area contributed by atoms with Gasteiger partial charge in [0, 0.05) is 32.7 Å². The molecule has 0 bridgehead atoms. The predicted octanol–water partition coefficient (Wildman–Crippen LogP) is 4.42. The molecule has 1 aliphatic heterocycles. The van der Waals surface area contributed by atoms with Crippen LogP contribution < -0.4 is 15.4 Å². The zero-order valence-corrected chi connectivity index (χ0v) is 20.5. The first-order valence-electron chi connectivity index (χ1n) is 10.7. The number of piperidine rings is 1. The van der Waals surface area contributed by atoms with Crippen LogP contribution in [-0.4, -0.2) is 43.6 Å². The molecular weight excluding hydrogens is 487 g/mol. The summed E-state index contributed by atoms with van der Waals surface area (Å²) in [7, 11) is 1.83. The van der Waals surface area contributed by atoms with Gasteiger partial charge in [0.2, 0.25) is 0 Å². The molecule has 1 heterocycles. The number of hydrogen-bond acceptors (Lipinski definition) is 3. The zero-order valence-electron chi connectivity index (χ0n) is 18.1. The fraction of sp³-hybridized carbons (Fsp3) is 0.458.